The van der Waals surface area contributed by atoms with Crippen LogP contribution in [0.5, 0.6) is 23.0 Å². The molecule has 0 amide bonds. The fourth-order valence-electron chi connectivity index (χ4n) is 5.84. The van der Waals surface area contributed by atoms with Crippen LogP contribution in [0.15, 0.2) is 100 Å². The van der Waals surface area contributed by atoms with Crippen molar-refractivity contribution in [2.75, 3.05) is 27.9 Å². The molecule has 1 atom stereocenters. The molecule has 0 spiro atoms. The number of fused-ring (bicyclic) bond motifs is 1. The van der Waals surface area contributed by atoms with Gasteiger partial charge in [-0.3, -0.25) is 9.36 Å². The van der Waals surface area contributed by atoms with Gasteiger partial charge in [-0.05, 0) is 66.1 Å². The maximum Gasteiger partial charge on any atom is 0.338 e. The average molecular weight is 741 g/mol. The van der Waals surface area contributed by atoms with Crippen LogP contribution in [-0.2, 0) is 16.1 Å². The maximum atomic E-state index is 14.4. The largest absolute Gasteiger partial charge is 0.493 e. The summed E-state index contributed by atoms with van der Waals surface area (Å²) in [4.78, 5) is 44.9. The number of ether oxygens (including phenoxy) is 5. The molecular formula is C39H33ClN2O9S. The summed E-state index contributed by atoms with van der Waals surface area (Å²) in [6.07, 6.45) is 1.67. The normalized spacial score (nSPS) is 13.9. The molecule has 1 N–H and O–H groups in total. The van der Waals surface area contributed by atoms with Gasteiger partial charge in [-0.1, -0.05) is 71.5 Å². The van der Waals surface area contributed by atoms with E-state index < -0.39 is 23.5 Å². The molecule has 1 aromatic heterocycles. The maximum absolute atomic E-state index is 14.4. The van der Waals surface area contributed by atoms with Crippen LogP contribution in [0.1, 0.15) is 45.6 Å². The van der Waals surface area contributed by atoms with Gasteiger partial charge >= 0.3 is 11.9 Å². The first-order valence-electron chi connectivity index (χ1n) is 16.0. The number of aromatic nitrogens is 1. The van der Waals surface area contributed by atoms with Crippen molar-refractivity contribution in [3.05, 3.63) is 143 Å². The van der Waals surface area contributed by atoms with Gasteiger partial charge in [-0.25, -0.2) is 14.6 Å². The predicted octanol–water partition coefficient (Wildman–Crippen LogP) is 5.89. The van der Waals surface area contributed by atoms with Crippen LogP contribution in [0.4, 0.5) is 0 Å². The van der Waals surface area contributed by atoms with Crippen LogP contribution in [0, 0.1) is 0 Å². The number of carbonyl (C=O) groups excluding carboxylic acids is 1. The molecule has 0 bridgehead atoms. The van der Waals surface area contributed by atoms with Crippen molar-refractivity contribution >= 4 is 46.6 Å². The number of carboxylic acid groups (broad SMARTS) is 1. The standard InChI is InChI=1S/C39H33ClN2O9S/c1-5-50-38(46)32-33(24-11-7-6-8-12-24)41-39-42(34(32)25-14-15-28(47-2)29(20-25)48-3)36(43)31(52-39)19-23-17-27(40)35(30(18-23)49-4)51-21-22-10-9-13-26(16-22)37(44)45/h6-20,34H,5,21H2,1-4H3,(H,44,45)/b31-19+/t34-/m1/s1. The Morgan fingerprint density at radius 1 is 0.923 bits per heavy atom. The first-order chi connectivity index (χ1) is 25.2. The lowest BCUT2D eigenvalue weighted by Gasteiger charge is -2.26. The first kappa shape index (κ1) is 36.0. The number of hydrogen-bond donors (Lipinski definition) is 1. The second kappa shape index (κ2) is 15.6. The number of rotatable bonds is 12. The predicted molar refractivity (Wildman–Crippen MR) is 196 cm³/mol. The Bertz CT molecular complexity index is 2390. The number of aromatic carboxylic acids is 1. The molecule has 2 heterocycles. The third-order valence-electron chi connectivity index (χ3n) is 8.20. The van der Waals surface area contributed by atoms with Crippen LogP contribution in [0.2, 0.25) is 5.02 Å². The summed E-state index contributed by atoms with van der Waals surface area (Å²) in [5.74, 6) is -0.196. The molecule has 6 rings (SSSR count). The van der Waals surface area contributed by atoms with E-state index in [0.29, 0.717) is 54.5 Å². The highest BCUT2D eigenvalue weighted by atomic mass is 35.5. The minimum Gasteiger partial charge on any atom is -0.493 e. The van der Waals surface area contributed by atoms with E-state index in [4.69, 9.17) is 40.3 Å². The highest BCUT2D eigenvalue weighted by molar-refractivity contribution is 7.07. The number of benzene rings is 4. The van der Waals surface area contributed by atoms with Crippen LogP contribution >= 0.6 is 22.9 Å². The van der Waals surface area contributed by atoms with Crippen LogP contribution in [-0.4, -0.2) is 49.5 Å². The molecule has 0 unspecified atom stereocenters. The topological polar surface area (TPSA) is 135 Å². The number of methoxy groups -OCH3 is 3. The number of halogens is 1. The zero-order valence-electron chi connectivity index (χ0n) is 28.5. The van der Waals surface area contributed by atoms with E-state index in [1.165, 1.54) is 38.0 Å². The fourth-order valence-corrected chi connectivity index (χ4v) is 7.12. The van der Waals surface area contributed by atoms with Crippen molar-refractivity contribution in [2.24, 2.45) is 4.99 Å². The molecule has 0 saturated heterocycles. The van der Waals surface area contributed by atoms with Crippen molar-refractivity contribution in [3.63, 3.8) is 0 Å². The zero-order valence-corrected chi connectivity index (χ0v) is 30.1. The number of thiazole rings is 1. The monoisotopic (exact) mass is 740 g/mol. The molecule has 0 aliphatic carbocycles. The van der Waals surface area contributed by atoms with Crippen molar-refractivity contribution in [1.29, 1.82) is 0 Å². The number of esters is 1. The molecule has 13 heteroatoms. The van der Waals surface area contributed by atoms with Gasteiger partial charge in [0.2, 0.25) is 0 Å². The zero-order chi connectivity index (χ0) is 36.9. The summed E-state index contributed by atoms with van der Waals surface area (Å²) in [5.41, 5.74) is 2.74. The molecule has 11 nitrogen and oxygen atoms in total. The Balaban J connectivity index is 1.49. The smallest absolute Gasteiger partial charge is 0.338 e. The molecule has 52 heavy (non-hydrogen) atoms. The van der Waals surface area contributed by atoms with Gasteiger partial charge < -0.3 is 28.8 Å². The van der Waals surface area contributed by atoms with E-state index in [1.54, 1.807) is 55.5 Å². The quantitative estimate of drug-likeness (QED) is 0.155. The summed E-state index contributed by atoms with van der Waals surface area (Å²) >= 11 is 7.85. The van der Waals surface area contributed by atoms with Crippen molar-refractivity contribution < 1.29 is 38.4 Å². The van der Waals surface area contributed by atoms with Crippen LogP contribution in [0.25, 0.3) is 11.8 Å². The summed E-state index contributed by atoms with van der Waals surface area (Å²) in [7, 11) is 4.50. The molecule has 0 radical (unpaired) electrons. The van der Waals surface area contributed by atoms with E-state index in [1.807, 2.05) is 30.3 Å². The van der Waals surface area contributed by atoms with Gasteiger partial charge in [0.05, 0.1) is 60.4 Å². The number of hydrogen-bond acceptors (Lipinski definition) is 10. The second-order valence-corrected chi connectivity index (χ2v) is 12.8. The summed E-state index contributed by atoms with van der Waals surface area (Å²) in [5, 5.41) is 9.55. The van der Waals surface area contributed by atoms with Gasteiger partial charge in [-0.15, -0.1) is 0 Å². The molecule has 5 aromatic rings. The lowest BCUT2D eigenvalue weighted by atomic mass is 9.93. The van der Waals surface area contributed by atoms with E-state index in [-0.39, 0.29) is 35.1 Å². The number of carboxylic acids is 1. The lowest BCUT2D eigenvalue weighted by molar-refractivity contribution is -0.138. The Labute approximate surface area is 307 Å². The third-order valence-corrected chi connectivity index (χ3v) is 9.47. The molecule has 1 aliphatic heterocycles. The number of nitrogens with zero attached hydrogens (tertiary/aromatic N) is 2. The average Bonchev–Trinajstić information content (AvgIpc) is 3.47. The molecule has 0 fully saturated rings. The van der Waals surface area contributed by atoms with Gasteiger partial charge in [0.25, 0.3) is 5.56 Å². The van der Waals surface area contributed by atoms with E-state index in [0.717, 1.165) is 11.3 Å². The first-order valence-corrected chi connectivity index (χ1v) is 17.2. The van der Waals surface area contributed by atoms with E-state index in [2.05, 4.69) is 0 Å². The lowest BCUT2D eigenvalue weighted by Crippen LogP contribution is -2.40. The summed E-state index contributed by atoms with van der Waals surface area (Å²) < 4.78 is 30.0. The van der Waals surface area contributed by atoms with Crippen LogP contribution in [0.3, 0.4) is 0 Å². The second-order valence-electron chi connectivity index (χ2n) is 11.4. The molecule has 1 aliphatic rings. The van der Waals surface area contributed by atoms with Gasteiger partial charge in [0, 0.05) is 5.56 Å². The Hall–Kier alpha value is -5.85. The van der Waals surface area contributed by atoms with Crippen molar-refractivity contribution in [2.45, 2.75) is 19.6 Å². The van der Waals surface area contributed by atoms with Crippen LogP contribution < -0.4 is 33.8 Å². The minimum absolute atomic E-state index is 0.0395. The highest BCUT2D eigenvalue weighted by Crippen LogP contribution is 2.39. The SMILES string of the molecule is CCOC(=O)C1=C(c2ccccc2)N=c2s/c(=C/c3cc(Cl)c(OCc4cccc(C(=O)O)c4)c(OC)c3)c(=O)n2[C@@H]1c1ccc(OC)c(OC)c1. The Kier molecular flexibility index (Phi) is 10.8. The molecule has 4 aromatic carbocycles. The van der Waals surface area contributed by atoms with Gasteiger partial charge in [0.1, 0.15) is 6.61 Å². The molecular weight excluding hydrogens is 708 g/mol. The summed E-state index contributed by atoms with van der Waals surface area (Å²) in [6, 6.07) is 23.2. The van der Waals surface area contributed by atoms with Gasteiger partial charge in [0.15, 0.2) is 27.8 Å². The Morgan fingerprint density at radius 3 is 2.37 bits per heavy atom. The molecule has 266 valence electrons. The van der Waals surface area contributed by atoms with E-state index in [9.17, 15) is 19.5 Å². The third kappa shape index (κ3) is 7.16. The van der Waals surface area contributed by atoms with Gasteiger partial charge in [-0.2, -0.15) is 0 Å². The van der Waals surface area contributed by atoms with E-state index >= 15 is 0 Å². The fraction of sp³-hybridized carbons (Fsp3) is 0.179. The summed E-state index contributed by atoms with van der Waals surface area (Å²) in [6.45, 7) is 1.87. The Morgan fingerprint density at radius 2 is 1.67 bits per heavy atom. The van der Waals surface area contributed by atoms with Crippen molar-refractivity contribution in [3.8, 4) is 23.0 Å². The minimum atomic E-state index is -1.05. The number of carbonyl (C=O) groups is 2. The van der Waals surface area contributed by atoms with Crippen molar-refractivity contribution in [1.82, 2.24) is 4.57 Å². The highest BCUT2D eigenvalue weighted by Gasteiger charge is 2.35. The molecule has 0 saturated carbocycles.